The largest absolute Gasteiger partial charge is 0.320 e. The third-order valence-electron chi connectivity index (χ3n) is 1.22. The summed E-state index contributed by atoms with van der Waals surface area (Å²) in [4.78, 5) is 20.5. The van der Waals surface area contributed by atoms with Crippen molar-refractivity contribution in [2.24, 2.45) is 0 Å². The second kappa shape index (κ2) is 4.01. The Morgan fingerprint density at radius 1 is 1.33 bits per heavy atom. The van der Waals surface area contributed by atoms with Gasteiger partial charge in [0.15, 0.2) is 0 Å². The van der Waals surface area contributed by atoms with Crippen LogP contribution in [0.25, 0.3) is 0 Å². The van der Waals surface area contributed by atoms with Gasteiger partial charge in [-0.05, 0) is 24.3 Å². The highest BCUT2D eigenvalue weighted by Gasteiger charge is 1.97. The fourth-order valence-corrected chi connectivity index (χ4v) is 0.969. The molecule has 0 aliphatic rings. The molecule has 1 N–H and O–H groups in total. The maximum atomic E-state index is 10.6. The van der Waals surface area contributed by atoms with Crippen LogP contribution in [-0.4, -0.2) is 12.2 Å². The lowest BCUT2D eigenvalue weighted by molar-refractivity contribution is -0.127. The first-order valence-electron chi connectivity index (χ1n) is 3.24. The Morgan fingerprint density at radius 3 is 2.42 bits per heavy atom. The molecule has 0 aliphatic heterocycles. The van der Waals surface area contributed by atoms with Gasteiger partial charge in [-0.2, -0.15) is 0 Å². The summed E-state index contributed by atoms with van der Waals surface area (Å²) in [6.07, 6.45) is 0.238. The van der Waals surface area contributed by atoms with E-state index >= 15 is 0 Å². The van der Waals surface area contributed by atoms with Crippen LogP contribution >= 0.6 is 15.9 Å². The standard InChI is InChI=1S/C8H6BrNO2/c9-6-1-3-7(4-2-6)10-8(12)5-11/h1-5H,(H,10,12). The lowest BCUT2D eigenvalue weighted by Crippen LogP contribution is -2.11. The summed E-state index contributed by atoms with van der Waals surface area (Å²) in [5, 5.41) is 2.39. The molecule has 1 rings (SSSR count). The lowest BCUT2D eigenvalue weighted by atomic mass is 10.3. The number of carbonyl (C=O) groups excluding carboxylic acids is 2. The Bertz CT molecular complexity index is 294. The molecule has 0 fully saturated rings. The van der Waals surface area contributed by atoms with E-state index in [4.69, 9.17) is 0 Å². The smallest absolute Gasteiger partial charge is 0.288 e. The molecule has 0 atom stereocenters. The van der Waals surface area contributed by atoms with Crippen LogP contribution in [0.4, 0.5) is 5.69 Å². The van der Waals surface area contributed by atoms with Crippen molar-refractivity contribution >= 4 is 33.8 Å². The van der Waals surface area contributed by atoms with Gasteiger partial charge in [0.1, 0.15) is 0 Å². The molecule has 0 aromatic heterocycles. The molecule has 0 saturated carbocycles. The van der Waals surface area contributed by atoms with Crippen LogP contribution in [0.5, 0.6) is 0 Å². The van der Waals surface area contributed by atoms with Crippen molar-refractivity contribution in [1.29, 1.82) is 0 Å². The minimum absolute atomic E-state index is 0.238. The normalized spacial score (nSPS) is 9.08. The molecule has 0 aliphatic carbocycles. The Hall–Kier alpha value is -1.16. The van der Waals surface area contributed by atoms with Crippen molar-refractivity contribution in [2.75, 3.05) is 5.32 Å². The van der Waals surface area contributed by atoms with E-state index in [2.05, 4.69) is 21.2 Å². The van der Waals surface area contributed by atoms with Crippen molar-refractivity contribution in [1.82, 2.24) is 0 Å². The molecular weight excluding hydrogens is 222 g/mol. The van der Waals surface area contributed by atoms with Crippen molar-refractivity contribution in [3.8, 4) is 0 Å². The number of nitrogens with one attached hydrogen (secondary N) is 1. The zero-order valence-electron chi connectivity index (χ0n) is 6.08. The summed E-state index contributed by atoms with van der Waals surface area (Å²) < 4.78 is 0.923. The average Bonchev–Trinajstić information content (AvgIpc) is 2.09. The Morgan fingerprint density at radius 2 is 1.92 bits per heavy atom. The zero-order chi connectivity index (χ0) is 8.97. The van der Waals surface area contributed by atoms with E-state index in [9.17, 15) is 9.59 Å². The number of anilines is 1. The monoisotopic (exact) mass is 227 g/mol. The summed E-state index contributed by atoms with van der Waals surface area (Å²) in [6, 6.07) is 6.96. The summed E-state index contributed by atoms with van der Waals surface area (Å²) >= 11 is 3.25. The maximum absolute atomic E-state index is 10.6. The van der Waals surface area contributed by atoms with Crippen LogP contribution in [0.1, 0.15) is 0 Å². The van der Waals surface area contributed by atoms with Gasteiger partial charge in [-0.25, -0.2) is 0 Å². The van der Waals surface area contributed by atoms with Crippen LogP contribution in [0, 0.1) is 0 Å². The van der Waals surface area contributed by atoms with E-state index in [1.165, 1.54) is 0 Å². The molecular formula is C8H6BrNO2. The molecule has 3 nitrogen and oxygen atoms in total. The number of benzene rings is 1. The Balaban J connectivity index is 2.71. The Labute approximate surface area is 77.9 Å². The van der Waals surface area contributed by atoms with E-state index in [-0.39, 0.29) is 6.29 Å². The first-order chi connectivity index (χ1) is 5.72. The van der Waals surface area contributed by atoms with Crippen molar-refractivity contribution in [2.45, 2.75) is 0 Å². The topological polar surface area (TPSA) is 46.2 Å². The van der Waals surface area contributed by atoms with Gasteiger partial charge < -0.3 is 5.32 Å². The molecule has 62 valence electrons. The first kappa shape index (κ1) is 8.93. The summed E-state index contributed by atoms with van der Waals surface area (Å²) in [6.45, 7) is 0. The van der Waals surface area contributed by atoms with Gasteiger partial charge in [-0.1, -0.05) is 15.9 Å². The number of hydrogen-bond donors (Lipinski definition) is 1. The molecule has 1 aromatic rings. The summed E-state index contributed by atoms with van der Waals surface area (Å²) in [7, 11) is 0. The number of aldehydes is 1. The van der Waals surface area contributed by atoms with Crippen molar-refractivity contribution in [3.05, 3.63) is 28.7 Å². The molecule has 0 unspecified atom stereocenters. The summed E-state index contributed by atoms with van der Waals surface area (Å²) in [5.41, 5.74) is 0.607. The van der Waals surface area contributed by atoms with E-state index in [0.29, 0.717) is 5.69 Å². The van der Waals surface area contributed by atoms with Gasteiger partial charge in [0, 0.05) is 10.2 Å². The molecule has 12 heavy (non-hydrogen) atoms. The molecule has 0 bridgehead atoms. The zero-order valence-corrected chi connectivity index (χ0v) is 7.67. The fraction of sp³-hybridized carbons (Fsp3) is 0. The van der Waals surface area contributed by atoms with E-state index in [0.717, 1.165) is 4.47 Å². The number of rotatable bonds is 2. The highest BCUT2D eigenvalue weighted by Crippen LogP contribution is 2.13. The van der Waals surface area contributed by atoms with Crippen LogP contribution in [0.2, 0.25) is 0 Å². The predicted molar refractivity (Wildman–Crippen MR) is 48.8 cm³/mol. The molecule has 0 saturated heterocycles. The minimum Gasteiger partial charge on any atom is -0.320 e. The third-order valence-corrected chi connectivity index (χ3v) is 1.75. The maximum Gasteiger partial charge on any atom is 0.288 e. The molecule has 0 radical (unpaired) electrons. The van der Waals surface area contributed by atoms with Gasteiger partial charge in [0.2, 0.25) is 6.29 Å². The fourth-order valence-electron chi connectivity index (χ4n) is 0.705. The van der Waals surface area contributed by atoms with E-state index < -0.39 is 5.91 Å². The lowest BCUT2D eigenvalue weighted by Gasteiger charge is -1.99. The molecule has 1 aromatic carbocycles. The van der Waals surface area contributed by atoms with Gasteiger partial charge in [0.05, 0.1) is 0 Å². The van der Waals surface area contributed by atoms with Gasteiger partial charge >= 0.3 is 0 Å². The molecule has 1 amide bonds. The van der Waals surface area contributed by atoms with Crippen LogP contribution in [-0.2, 0) is 9.59 Å². The van der Waals surface area contributed by atoms with Crippen LogP contribution in [0.3, 0.4) is 0 Å². The van der Waals surface area contributed by atoms with Crippen molar-refractivity contribution in [3.63, 3.8) is 0 Å². The van der Waals surface area contributed by atoms with Crippen LogP contribution < -0.4 is 5.32 Å². The highest BCUT2D eigenvalue weighted by molar-refractivity contribution is 9.10. The predicted octanol–water partition coefficient (Wildman–Crippen LogP) is 1.59. The number of hydrogen-bond acceptors (Lipinski definition) is 2. The highest BCUT2D eigenvalue weighted by atomic mass is 79.9. The minimum atomic E-state index is -0.641. The molecule has 0 spiro atoms. The van der Waals surface area contributed by atoms with Crippen molar-refractivity contribution < 1.29 is 9.59 Å². The second-order valence-corrected chi connectivity index (χ2v) is 3.03. The third kappa shape index (κ3) is 2.47. The quantitative estimate of drug-likeness (QED) is 0.617. The SMILES string of the molecule is O=CC(=O)Nc1ccc(Br)cc1. The van der Waals surface area contributed by atoms with E-state index in [1.54, 1.807) is 24.3 Å². The number of carbonyl (C=O) groups is 2. The van der Waals surface area contributed by atoms with Gasteiger partial charge in [0.25, 0.3) is 5.91 Å². The van der Waals surface area contributed by atoms with Gasteiger partial charge in [-0.3, -0.25) is 9.59 Å². The number of halogens is 1. The molecule has 0 heterocycles. The van der Waals surface area contributed by atoms with E-state index in [1.807, 2.05) is 0 Å². The van der Waals surface area contributed by atoms with Gasteiger partial charge in [-0.15, -0.1) is 0 Å². The Kier molecular flexibility index (Phi) is 2.99. The number of amides is 1. The average molecular weight is 228 g/mol. The molecule has 4 heteroatoms. The summed E-state index contributed by atoms with van der Waals surface area (Å²) in [5.74, 6) is -0.641. The first-order valence-corrected chi connectivity index (χ1v) is 4.03. The van der Waals surface area contributed by atoms with Crippen LogP contribution in [0.15, 0.2) is 28.7 Å². The second-order valence-electron chi connectivity index (χ2n) is 2.11.